The predicted molar refractivity (Wildman–Crippen MR) is 116 cm³/mol. The van der Waals surface area contributed by atoms with Crippen LogP contribution in [0.25, 0.3) is 10.8 Å². The Labute approximate surface area is 176 Å². The molecule has 0 bridgehead atoms. The Balaban J connectivity index is 1.42. The third kappa shape index (κ3) is 2.44. The van der Waals surface area contributed by atoms with Crippen molar-refractivity contribution in [2.24, 2.45) is 11.3 Å². The number of Topliss-reactive ketones (excluding diaryl/α,β-unsaturated/α-hetero) is 2. The number of ether oxygens (including phenoxy) is 1. The highest BCUT2D eigenvalue weighted by Crippen LogP contribution is 2.58. The van der Waals surface area contributed by atoms with Crippen LogP contribution >= 0.6 is 0 Å². The molecule has 2 aromatic rings. The Morgan fingerprint density at radius 1 is 1.03 bits per heavy atom. The van der Waals surface area contributed by atoms with Gasteiger partial charge < -0.3 is 4.74 Å². The molecule has 30 heavy (non-hydrogen) atoms. The van der Waals surface area contributed by atoms with Crippen LogP contribution in [0.4, 0.5) is 0 Å². The second kappa shape index (κ2) is 6.28. The molecule has 3 heteroatoms. The lowest BCUT2D eigenvalue weighted by Crippen LogP contribution is -2.41. The molecule has 1 saturated carbocycles. The van der Waals surface area contributed by atoms with E-state index in [1.54, 1.807) is 0 Å². The van der Waals surface area contributed by atoms with Crippen LogP contribution in [0.1, 0.15) is 44.1 Å². The van der Waals surface area contributed by atoms with Crippen molar-refractivity contribution in [3.63, 3.8) is 0 Å². The van der Waals surface area contributed by atoms with Crippen molar-refractivity contribution in [2.75, 3.05) is 0 Å². The highest BCUT2D eigenvalue weighted by molar-refractivity contribution is 6.00. The first-order valence-corrected chi connectivity index (χ1v) is 10.9. The summed E-state index contributed by atoms with van der Waals surface area (Å²) in [7, 11) is 0. The lowest BCUT2D eigenvalue weighted by Gasteiger charge is -2.43. The van der Waals surface area contributed by atoms with Crippen molar-refractivity contribution in [2.45, 2.75) is 44.6 Å². The minimum Gasteiger partial charge on any atom is -0.489 e. The summed E-state index contributed by atoms with van der Waals surface area (Å²) in [5, 5.41) is 2.36. The van der Waals surface area contributed by atoms with Crippen LogP contribution in [0.3, 0.4) is 0 Å². The second-order valence-corrected chi connectivity index (χ2v) is 9.31. The summed E-state index contributed by atoms with van der Waals surface area (Å²) in [4.78, 5) is 25.6. The third-order valence-electron chi connectivity index (χ3n) is 7.59. The summed E-state index contributed by atoms with van der Waals surface area (Å²) in [6.07, 6.45) is 8.96. The van der Waals surface area contributed by atoms with Crippen LogP contribution in [0.5, 0.6) is 0 Å². The van der Waals surface area contributed by atoms with Crippen molar-refractivity contribution < 1.29 is 14.3 Å². The van der Waals surface area contributed by atoms with E-state index in [0.29, 0.717) is 12.8 Å². The van der Waals surface area contributed by atoms with Gasteiger partial charge in [0.1, 0.15) is 17.6 Å². The van der Waals surface area contributed by atoms with Crippen LogP contribution in [-0.2, 0) is 14.3 Å². The van der Waals surface area contributed by atoms with Crippen LogP contribution in [-0.4, -0.2) is 17.7 Å². The van der Waals surface area contributed by atoms with Gasteiger partial charge in [0.15, 0.2) is 5.78 Å². The number of ketones is 2. The molecule has 0 amide bonds. The summed E-state index contributed by atoms with van der Waals surface area (Å²) in [6, 6.07) is 14.7. The van der Waals surface area contributed by atoms with Gasteiger partial charge in [-0.25, -0.2) is 0 Å². The smallest absolute Gasteiger partial charge is 0.166 e. The molecule has 0 spiro atoms. The van der Waals surface area contributed by atoms with Gasteiger partial charge in [-0.05, 0) is 34.4 Å². The number of hydrogen-bond donors (Lipinski definition) is 0. The van der Waals surface area contributed by atoms with Gasteiger partial charge >= 0.3 is 0 Å². The van der Waals surface area contributed by atoms with Crippen LogP contribution in [0, 0.1) is 11.3 Å². The summed E-state index contributed by atoms with van der Waals surface area (Å²) in [5.41, 5.74) is 2.58. The molecule has 0 unspecified atom stereocenters. The van der Waals surface area contributed by atoms with Gasteiger partial charge in [-0.1, -0.05) is 61.5 Å². The molecule has 0 saturated heterocycles. The van der Waals surface area contributed by atoms with E-state index in [9.17, 15) is 9.59 Å². The SMILES string of the molecule is C[C@]12C=CC3=CC4=C(CCCC4=O)O[C@H]3[C@@H]1CC(=O)[C@@H]2c1ccc2ccccc2c1. The summed E-state index contributed by atoms with van der Waals surface area (Å²) in [6.45, 7) is 2.20. The van der Waals surface area contributed by atoms with E-state index in [4.69, 9.17) is 4.74 Å². The number of rotatable bonds is 1. The van der Waals surface area contributed by atoms with Crippen molar-refractivity contribution in [3.05, 3.63) is 83.2 Å². The highest BCUT2D eigenvalue weighted by atomic mass is 16.5. The zero-order valence-electron chi connectivity index (χ0n) is 17.1. The zero-order chi connectivity index (χ0) is 20.5. The van der Waals surface area contributed by atoms with E-state index in [1.165, 1.54) is 10.8 Å². The van der Waals surface area contributed by atoms with Crippen molar-refractivity contribution in [1.82, 2.24) is 0 Å². The number of allylic oxidation sites excluding steroid dienone is 4. The lowest BCUT2D eigenvalue weighted by molar-refractivity contribution is -0.119. The average molecular weight is 396 g/mol. The normalized spacial score (nSPS) is 32.4. The van der Waals surface area contributed by atoms with E-state index in [2.05, 4.69) is 49.4 Å². The first kappa shape index (κ1) is 17.9. The van der Waals surface area contributed by atoms with Gasteiger partial charge in [-0.15, -0.1) is 0 Å². The van der Waals surface area contributed by atoms with Gasteiger partial charge in [-0.2, -0.15) is 0 Å². The molecule has 3 aliphatic carbocycles. The largest absolute Gasteiger partial charge is 0.489 e. The van der Waals surface area contributed by atoms with Gasteiger partial charge in [0, 0.05) is 30.6 Å². The van der Waals surface area contributed by atoms with Gasteiger partial charge in [-0.3, -0.25) is 9.59 Å². The molecule has 3 nitrogen and oxygen atoms in total. The van der Waals surface area contributed by atoms with Gasteiger partial charge in [0.25, 0.3) is 0 Å². The Hall–Kier alpha value is -2.94. The third-order valence-corrected chi connectivity index (χ3v) is 7.59. The lowest BCUT2D eigenvalue weighted by atomic mass is 9.64. The Bertz CT molecular complexity index is 1200. The molecular weight excluding hydrogens is 372 g/mol. The molecule has 1 heterocycles. The number of carbonyl (C=O) groups is 2. The number of fused-ring (bicyclic) bond motifs is 4. The number of hydrogen-bond acceptors (Lipinski definition) is 3. The fourth-order valence-corrected chi connectivity index (χ4v) is 6.02. The molecule has 4 aliphatic rings. The molecule has 0 radical (unpaired) electrons. The summed E-state index contributed by atoms with van der Waals surface area (Å²) < 4.78 is 6.43. The molecule has 0 aromatic heterocycles. The fraction of sp³-hybridized carbons (Fsp3) is 0.333. The minimum atomic E-state index is -0.293. The van der Waals surface area contributed by atoms with Crippen LogP contribution < -0.4 is 0 Å². The molecule has 4 atom stereocenters. The summed E-state index contributed by atoms with van der Waals surface area (Å²) >= 11 is 0. The topological polar surface area (TPSA) is 43.4 Å². The van der Waals surface area contributed by atoms with Crippen molar-refractivity contribution in [1.29, 1.82) is 0 Å². The number of carbonyl (C=O) groups excluding carboxylic acids is 2. The molecule has 1 fully saturated rings. The molecular formula is C27H24O3. The van der Waals surface area contributed by atoms with Crippen molar-refractivity contribution in [3.8, 4) is 0 Å². The maximum Gasteiger partial charge on any atom is 0.166 e. The van der Waals surface area contributed by atoms with Crippen LogP contribution in [0.2, 0.25) is 0 Å². The zero-order valence-corrected chi connectivity index (χ0v) is 17.1. The Kier molecular flexibility index (Phi) is 3.74. The maximum absolute atomic E-state index is 13.3. The van der Waals surface area contributed by atoms with Crippen LogP contribution in [0.15, 0.2) is 77.6 Å². The Morgan fingerprint density at radius 3 is 2.73 bits per heavy atom. The monoisotopic (exact) mass is 396 g/mol. The minimum absolute atomic E-state index is 0.0869. The number of benzene rings is 2. The first-order valence-electron chi connectivity index (χ1n) is 10.9. The second-order valence-electron chi connectivity index (χ2n) is 9.31. The first-order chi connectivity index (χ1) is 14.5. The molecule has 150 valence electrons. The van der Waals surface area contributed by atoms with E-state index in [1.807, 2.05) is 18.2 Å². The van der Waals surface area contributed by atoms with E-state index in [0.717, 1.165) is 35.3 Å². The van der Waals surface area contributed by atoms with E-state index >= 15 is 0 Å². The highest BCUT2D eigenvalue weighted by Gasteiger charge is 2.57. The molecule has 1 aliphatic heterocycles. The quantitative estimate of drug-likeness (QED) is 0.646. The fourth-order valence-electron chi connectivity index (χ4n) is 6.02. The average Bonchev–Trinajstić information content (AvgIpc) is 3.03. The van der Waals surface area contributed by atoms with Gasteiger partial charge in [0.05, 0.1) is 11.5 Å². The van der Waals surface area contributed by atoms with E-state index < -0.39 is 0 Å². The molecule has 2 aromatic carbocycles. The standard InChI is InChI=1S/C27H24O3/c1-27-12-11-19-14-20-22(28)7-4-8-24(20)30-26(19)21(27)15-23(29)25(27)18-10-9-16-5-2-3-6-17(16)13-18/h2-3,5-6,9-14,21,25-26H,4,7-8,15H2,1H3/t21-,25-,26+,27-/m0/s1. The molecule has 6 rings (SSSR count). The summed E-state index contributed by atoms with van der Waals surface area (Å²) in [5.74, 6) is 1.21. The Morgan fingerprint density at radius 2 is 1.87 bits per heavy atom. The van der Waals surface area contributed by atoms with Gasteiger partial charge in [0.2, 0.25) is 0 Å². The van der Waals surface area contributed by atoms with E-state index in [-0.39, 0.29) is 34.9 Å². The van der Waals surface area contributed by atoms with Crippen molar-refractivity contribution >= 4 is 22.3 Å². The maximum atomic E-state index is 13.3. The molecule has 0 N–H and O–H groups in total. The predicted octanol–water partition coefficient (Wildman–Crippen LogP) is 5.42.